The zero-order valence-electron chi connectivity index (χ0n) is 14.1. The van der Waals surface area contributed by atoms with Gasteiger partial charge in [0.15, 0.2) is 0 Å². The van der Waals surface area contributed by atoms with Gasteiger partial charge in [-0.15, -0.1) is 0 Å². The Bertz CT molecular complexity index is 921. The number of nitrogens with zero attached hydrogens (tertiary/aromatic N) is 1. The lowest BCUT2D eigenvalue weighted by molar-refractivity contribution is -0.142. The van der Waals surface area contributed by atoms with Gasteiger partial charge in [-0.3, -0.25) is 14.4 Å². The molecule has 0 spiro atoms. The number of hydrogen-bond donors (Lipinski definition) is 2. The van der Waals surface area contributed by atoms with Crippen LogP contribution in [0.3, 0.4) is 0 Å². The number of halogens is 1. The fourth-order valence-electron chi connectivity index (χ4n) is 3.07. The number of aliphatic hydroxyl groups is 1. The number of rotatable bonds is 5. The Labute approximate surface area is 154 Å². The summed E-state index contributed by atoms with van der Waals surface area (Å²) in [5.41, 5.74) is 0.600. The van der Waals surface area contributed by atoms with Crippen LogP contribution in [0.2, 0.25) is 0 Å². The number of carbonyl (C=O) groups is 3. The number of ketones is 1. The molecule has 1 saturated heterocycles. The van der Waals surface area contributed by atoms with Gasteiger partial charge in [-0.25, -0.2) is 4.39 Å². The van der Waals surface area contributed by atoms with Crippen LogP contribution in [0, 0.1) is 5.82 Å². The van der Waals surface area contributed by atoms with E-state index >= 15 is 0 Å². The van der Waals surface area contributed by atoms with Crippen LogP contribution < -0.4 is 0 Å². The van der Waals surface area contributed by atoms with Crippen molar-refractivity contribution in [2.24, 2.45) is 0 Å². The molecule has 3 rings (SSSR count). The van der Waals surface area contributed by atoms with Crippen molar-refractivity contribution in [2.45, 2.75) is 12.5 Å². The molecule has 0 saturated carbocycles. The van der Waals surface area contributed by atoms with Crippen molar-refractivity contribution in [1.29, 1.82) is 0 Å². The normalized spacial score (nSPS) is 18.7. The van der Waals surface area contributed by atoms with Crippen LogP contribution in [0.5, 0.6) is 0 Å². The molecule has 1 aliphatic heterocycles. The van der Waals surface area contributed by atoms with Gasteiger partial charge in [0.05, 0.1) is 18.0 Å². The number of carboxylic acid groups (broad SMARTS) is 1. The Kier molecular flexibility index (Phi) is 5.03. The SMILES string of the molecule is O=C(O)CCN1C(=O)C(=O)C(=C(O)c2ccccc2)[C@H]1c1ccc(F)cc1. The molecular formula is C20H16FNO5. The molecule has 0 aliphatic carbocycles. The van der Waals surface area contributed by atoms with Crippen molar-refractivity contribution in [3.05, 3.63) is 77.1 Å². The second-order valence-corrected chi connectivity index (χ2v) is 6.05. The van der Waals surface area contributed by atoms with E-state index in [0.29, 0.717) is 11.1 Å². The lowest BCUT2D eigenvalue weighted by Gasteiger charge is -2.24. The molecule has 27 heavy (non-hydrogen) atoms. The lowest BCUT2D eigenvalue weighted by Crippen LogP contribution is -2.31. The summed E-state index contributed by atoms with van der Waals surface area (Å²) in [7, 11) is 0. The van der Waals surface area contributed by atoms with Crippen molar-refractivity contribution in [3.63, 3.8) is 0 Å². The minimum atomic E-state index is -1.13. The van der Waals surface area contributed by atoms with Crippen LogP contribution in [0.15, 0.2) is 60.2 Å². The predicted octanol–water partition coefficient (Wildman–Crippen LogP) is 2.72. The van der Waals surface area contributed by atoms with E-state index in [4.69, 9.17) is 5.11 Å². The maximum Gasteiger partial charge on any atom is 0.305 e. The predicted molar refractivity (Wildman–Crippen MR) is 94.1 cm³/mol. The fourth-order valence-corrected chi connectivity index (χ4v) is 3.07. The van der Waals surface area contributed by atoms with Crippen LogP contribution >= 0.6 is 0 Å². The average molecular weight is 369 g/mol. The van der Waals surface area contributed by atoms with Crippen LogP contribution in [0.25, 0.3) is 5.76 Å². The summed E-state index contributed by atoms with van der Waals surface area (Å²) < 4.78 is 13.3. The maximum atomic E-state index is 13.3. The van der Waals surface area contributed by atoms with Crippen molar-refractivity contribution in [2.75, 3.05) is 6.54 Å². The Morgan fingerprint density at radius 1 is 1.00 bits per heavy atom. The summed E-state index contributed by atoms with van der Waals surface area (Å²) in [4.78, 5) is 37.1. The minimum absolute atomic E-state index is 0.150. The third kappa shape index (κ3) is 3.57. The number of amides is 1. The summed E-state index contributed by atoms with van der Waals surface area (Å²) in [6.07, 6.45) is -0.365. The molecule has 7 heteroatoms. The summed E-state index contributed by atoms with van der Waals surface area (Å²) >= 11 is 0. The molecule has 0 aromatic heterocycles. The average Bonchev–Trinajstić information content (AvgIpc) is 2.91. The highest BCUT2D eigenvalue weighted by Gasteiger charge is 2.46. The highest BCUT2D eigenvalue weighted by Crippen LogP contribution is 2.39. The summed E-state index contributed by atoms with van der Waals surface area (Å²) in [6, 6.07) is 12.4. The third-order valence-electron chi connectivity index (χ3n) is 4.34. The van der Waals surface area contributed by atoms with Crippen molar-refractivity contribution < 1.29 is 29.0 Å². The second-order valence-electron chi connectivity index (χ2n) is 6.05. The first kappa shape index (κ1) is 18.3. The highest BCUT2D eigenvalue weighted by molar-refractivity contribution is 6.46. The maximum absolute atomic E-state index is 13.3. The van der Waals surface area contributed by atoms with E-state index in [-0.39, 0.29) is 24.3 Å². The van der Waals surface area contributed by atoms with Crippen LogP contribution in [-0.2, 0) is 14.4 Å². The first-order chi connectivity index (χ1) is 12.9. The topological polar surface area (TPSA) is 94.9 Å². The molecular weight excluding hydrogens is 353 g/mol. The molecule has 1 amide bonds. The van der Waals surface area contributed by atoms with E-state index in [0.717, 1.165) is 4.90 Å². The summed E-state index contributed by atoms with van der Waals surface area (Å²) in [5.74, 6) is -3.79. The number of Topliss-reactive ketones (excluding diaryl/α,β-unsaturated/α-hetero) is 1. The zero-order valence-corrected chi connectivity index (χ0v) is 14.1. The van der Waals surface area contributed by atoms with E-state index in [2.05, 4.69) is 0 Å². The van der Waals surface area contributed by atoms with Crippen molar-refractivity contribution >= 4 is 23.4 Å². The van der Waals surface area contributed by atoms with E-state index in [9.17, 15) is 23.9 Å². The van der Waals surface area contributed by atoms with Gasteiger partial charge in [-0.1, -0.05) is 42.5 Å². The largest absolute Gasteiger partial charge is 0.507 e. The van der Waals surface area contributed by atoms with Crippen LogP contribution in [0.1, 0.15) is 23.6 Å². The van der Waals surface area contributed by atoms with E-state index in [1.807, 2.05) is 0 Å². The highest BCUT2D eigenvalue weighted by atomic mass is 19.1. The molecule has 0 bridgehead atoms. The number of hydrogen-bond acceptors (Lipinski definition) is 4. The number of likely N-dealkylation sites (tertiary alicyclic amines) is 1. The van der Waals surface area contributed by atoms with Gasteiger partial charge in [-0.05, 0) is 17.7 Å². The van der Waals surface area contributed by atoms with E-state index in [1.165, 1.54) is 24.3 Å². The molecule has 2 aromatic carbocycles. The number of carbonyl (C=O) groups excluding carboxylic acids is 2. The standard InChI is InChI=1S/C20H16FNO5/c21-14-8-6-12(7-9-14)17-16(18(25)13-4-2-1-3-5-13)19(26)20(27)22(17)11-10-15(23)24/h1-9,17,25H,10-11H2,(H,23,24)/t17-/m1/s1. The van der Waals surface area contributed by atoms with E-state index < -0.39 is 29.5 Å². The molecule has 1 aliphatic rings. The smallest absolute Gasteiger partial charge is 0.305 e. The number of carboxylic acids is 1. The molecule has 1 atom stereocenters. The van der Waals surface area contributed by atoms with Crippen molar-refractivity contribution in [3.8, 4) is 0 Å². The van der Waals surface area contributed by atoms with Gasteiger partial charge < -0.3 is 15.1 Å². The summed E-state index contributed by atoms with van der Waals surface area (Å²) in [6.45, 7) is -0.215. The molecule has 6 nitrogen and oxygen atoms in total. The first-order valence-electron chi connectivity index (χ1n) is 8.21. The first-order valence-corrected chi connectivity index (χ1v) is 8.21. The van der Waals surface area contributed by atoms with Gasteiger partial charge in [0.2, 0.25) is 0 Å². The molecule has 0 radical (unpaired) electrons. The molecule has 138 valence electrons. The third-order valence-corrected chi connectivity index (χ3v) is 4.34. The minimum Gasteiger partial charge on any atom is -0.507 e. The van der Waals surface area contributed by atoms with Crippen LogP contribution in [0.4, 0.5) is 4.39 Å². The van der Waals surface area contributed by atoms with Crippen LogP contribution in [-0.4, -0.2) is 39.3 Å². The Morgan fingerprint density at radius 3 is 2.22 bits per heavy atom. The summed E-state index contributed by atoms with van der Waals surface area (Å²) in [5, 5.41) is 19.6. The molecule has 1 fully saturated rings. The van der Waals surface area contributed by atoms with Gasteiger partial charge in [0.25, 0.3) is 11.7 Å². The zero-order chi connectivity index (χ0) is 19.6. The van der Waals surface area contributed by atoms with Gasteiger partial charge >= 0.3 is 5.97 Å². The Morgan fingerprint density at radius 2 is 1.63 bits per heavy atom. The van der Waals surface area contributed by atoms with Gasteiger partial charge in [-0.2, -0.15) is 0 Å². The molecule has 2 aromatic rings. The second kappa shape index (κ2) is 7.41. The fraction of sp³-hybridized carbons (Fsp3) is 0.150. The number of aliphatic carboxylic acids is 1. The molecule has 0 unspecified atom stereocenters. The van der Waals surface area contributed by atoms with Gasteiger partial charge in [0, 0.05) is 12.1 Å². The monoisotopic (exact) mass is 369 g/mol. The number of aliphatic hydroxyl groups excluding tert-OH is 1. The molecule has 2 N–H and O–H groups in total. The Balaban J connectivity index is 2.14. The molecule has 1 heterocycles. The lowest BCUT2D eigenvalue weighted by atomic mass is 9.95. The Hall–Kier alpha value is -3.48. The van der Waals surface area contributed by atoms with Gasteiger partial charge in [0.1, 0.15) is 11.6 Å². The van der Waals surface area contributed by atoms with E-state index in [1.54, 1.807) is 30.3 Å². The quantitative estimate of drug-likeness (QED) is 0.480. The van der Waals surface area contributed by atoms with Crippen molar-refractivity contribution in [1.82, 2.24) is 4.90 Å². The number of benzene rings is 2.